The molecule has 0 aliphatic carbocycles. The van der Waals surface area contributed by atoms with E-state index in [1.807, 2.05) is 148 Å². The largest absolute Gasteiger partial charge is 0.417 e. The van der Waals surface area contributed by atoms with Crippen molar-refractivity contribution < 1.29 is 52.7 Å². The number of fused-ring (bicyclic) bond motifs is 8. The standard InChI is InChI=1S/C31H20F3N7O.2C25H16F3N7O.C23H20F3N7O/c32-31(33,34)25-20(15-16-22-24(25)30(42)41-38-22)28-35-21-14-8-7-13-19(21)27(36-28)37-29-23(17-9-3-1-4-10-17)26(39-40-29)18-11-5-2-6-12-18;26-25(27,28)20-15(10-11-18-19(20)24(36)35-33-18)22-30-17-9-5-4-8-14(17)21(31-22)32-23-16(12-29-34-23)13-6-2-1-3-7-13;26-25(27,28)21-15(10-11-17-20(21)24(36)35-32-17)23-29-16-9-5-4-8-14(16)22(31-23)30-19-12-18(33-34-19)13-6-2-1-3-7-13;1-22(2,3)15-10-16(32-31-15)28-19-11-6-4-5-7-13(11)27-20(29-19)12-8-9-14-17(21(34)33-30-14)18(12)23(24,25)26/h1-16H,(H2,38,41,42)(H2,35,36,37,39,40);1-12H,(H2,33,35,36)(H2,29,30,31,32,34);1-12H,(H2,32,35,36)(H2,29,30,31,33,34);4-10H,1-3H3,(H2,30,33,34)(H2,27,28,29,31,32). The van der Waals surface area contributed by atoms with E-state index in [-0.39, 0.29) is 90.5 Å². The lowest BCUT2D eigenvalue weighted by atomic mass is 9.92. The Bertz CT molecular complexity index is 9440. The van der Waals surface area contributed by atoms with Gasteiger partial charge in [0.1, 0.15) is 29.1 Å². The maximum Gasteiger partial charge on any atom is 0.417 e. The third-order valence-corrected chi connectivity index (χ3v) is 24.1. The molecule has 24 aromatic rings. The van der Waals surface area contributed by atoms with E-state index in [1.54, 1.807) is 109 Å². The number of H-pyrrole nitrogens is 12. The van der Waals surface area contributed by atoms with E-state index >= 15 is 0 Å². The normalized spacial score (nSPS) is 12.0. The average molecular weight is 2010 g/mol. The van der Waals surface area contributed by atoms with Crippen molar-refractivity contribution in [1.29, 1.82) is 0 Å². The van der Waals surface area contributed by atoms with Crippen LogP contribution < -0.4 is 43.5 Å². The number of rotatable bonds is 16. The van der Waals surface area contributed by atoms with Crippen molar-refractivity contribution in [2.75, 3.05) is 21.3 Å². The summed E-state index contributed by atoms with van der Waals surface area (Å²) in [7, 11) is 0. The van der Waals surface area contributed by atoms with Crippen LogP contribution in [-0.4, -0.2) is 121 Å². The van der Waals surface area contributed by atoms with Crippen LogP contribution in [0.2, 0.25) is 0 Å². The first-order valence-corrected chi connectivity index (χ1v) is 45.0. The highest BCUT2D eigenvalue weighted by atomic mass is 19.4. The lowest BCUT2D eigenvalue weighted by Crippen LogP contribution is -2.13. The summed E-state index contributed by atoms with van der Waals surface area (Å²) in [5.74, 6) is 2.26. The van der Waals surface area contributed by atoms with Gasteiger partial charge in [-0.15, -0.1) is 0 Å². The van der Waals surface area contributed by atoms with Gasteiger partial charge in [0.05, 0.1) is 111 Å². The molecule has 0 aliphatic heterocycles. The van der Waals surface area contributed by atoms with Gasteiger partial charge < -0.3 is 21.3 Å². The van der Waals surface area contributed by atoms with Crippen molar-refractivity contribution in [3.63, 3.8) is 0 Å². The molecule has 0 fully saturated rings. The number of nitrogens with zero attached hydrogens (tertiary/aromatic N) is 12. The number of aromatic amines is 12. The zero-order chi connectivity index (χ0) is 103. The third kappa shape index (κ3) is 18.5. The van der Waals surface area contributed by atoms with Gasteiger partial charge in [0.15, 0.2) is 40.8 Å². The predicted molar refractivity (Wildman–Crippen MR) is 538 cm³/mol. The van der Waals surface area contributed by atoms with E-state index in [4.69, 9.17) is 0 Å². The van der Waals surface area contributed by atoms with Crippen LogP contribution in [-0.2, 0) is 30.1 Å². The van der Waals surface area contributed by atoms with E-state index in [0.717, 1.165) is 50.5 Å². The fraction of sp³-hybridized carbons (Fsp3) is 0.0769. The number of aromatic nitrogens is 24. The highest BCUT2D eigenvalue weighted by molar-refractivity contribution is 6.01. The number of para-hydroxylation sites is 4. The third-order valence-electron chi connectivity index (χ3n) is 24.1. The molecule has 0 bridgehead atoms. The van der Waals surface area contributed by atoms with Crippen molar-refractivity contribution in [2.45, 2.75) is 50.9 Å². The Morgan fingerprint density at radius 2 is 0.588 bits per heavy atom. The first-order valence-electron chi connectivity index (χ1n) is 45.0. The second kappa shape index (κ2) is 37.6. The van der Waals surface area contributed by atoms with Gasteiger partial charge in [-0.05, 0) is 114 Å². The predicted octanol–water partition coefficient (Wildman–Crippen LogP) is 23.8. The molecule has 0 saturated heterocycles. The van der Waals surface area contributed by atoms with Crippen molar-refractivity contribution in [3.05, 3.63) is 355 Å². The molecule has 44 heteroatoms. The Balaban J connectivity index is 0.000000116. The summed E-state index contributed by atoms with van der Waals surface area (Å²) in [6.45, 7) is 6.08. The molecule has 0 unspecified atom stereocenters. The Kier molecular flexibility index (Phi) is 24.0. The lowest BCUT2D eigenvalue weighted by Gasteiger charge is -2.15. The Morgan fingerprint density at radius 3 is 0.946 bits per heavy atom. The number of anilines is 8. The minimum absolute atomic E-state index is 0.0349. The zero-order valence-corrected chi connectivity index (χ0v) is 76.7. The SMILES string of the molecule is CC(C)(C)c1cc(Nc2nc(-c3ccc4[nH][nH]c(=O)c4c3C(F)(F)F)nc3ccccc23)n[nH]1.O=c1[nH][nH]c2ccc(-c3nc(Nc4[nH]ncc4-c4ccccc4)c4ccccc4n3)c(C(F)(F)F)c12.O=c1[nH][nH]c2ccc(-c3nc(Nc4cc(-c5ccccc5)[nH]n4)c4ccccc4n3)c(C(F)(F)F)c12.O=c1[nH][nH]c2ccc(-c3nc(Nc4n[nH]c(-c5ccccc5)c4-c4ccccc4)c4ccccc4n3)c(C(F)(F)F)c12. The molecular formula is C104H72F12N28O4. The maximum absolute atomic E-state index is 14.4. The van der Waals surface area contributed by atoms with Gasteiger partial charge in [-0.3, -0.25) is 80.4 Å². The first-order chi connectivity index (χ1) is 71.2. The quantitative estimate of drug-likeness (QED) is 0.0400. The molecule has 0 spiro atoms. The average Bonchev–Trinajstić information content (AvgIpc) is 1.55. The monoisotopic (exact) mass is 2000 g/mol. The molecule has 0 amide bonds. The number of alkyl halides is 12. The molecule has 0 radical (unpaired) electrons. The van der Waals surface area contributed by atoms with Gasteiger partial charge in [0.25, 0.3) is 22.2 Å². The van der Waals surface area contributed by atoms with Gasteiger partial charge in [-0.1, -0.05) is 191 Å². The summed E-state index contributed by atoms with van der Waals surface area (Å²) >= 11 is 0. The minimum atomic E-state index is -4.85. The number of hydrogen-bond acceptors (Lipinski definition) is 20. The summed E-state index contributed by atoms with van der Waals surface area (Å²) in [6.07, 6.45) is -17.7. The smallest absolute Gasteiger partial charge is 0.324 e. The number of benzene rings is 12. The maximum atomic E-state index is 14.4. The van der Waals surface area contributed by atoms with E-state index in [0.29, 0.717) is 72.7 Å². The van der Waals surface area contributed by atoms with Crippen LogP contribution in [0.3, 0.4) is 0 Å². The van der Waals surface area contributed by atoms with Gasteiger partial charge >= 0.3 is 24.7 Å². The van der Waals surface area contributed by atoms with Gasteiger partial charge in [0.2, 0.25) is 0 Å². The number of halogens is 12. The molecule has 16 N–H and O–H groups in total. The summed E-state index contributed by atoms with van der Waals surface area (Å²) in [6, 6.07) is 80.5. The lowest BCUT2D eigenvalue weighted by molar-refractivity contribution is -0.136. The van der Waals surface area contributed by atoms with Crippen molar-refractivity contribution in [1.82, 2.24) is 121 Å². The highest BCUT2D eigenvalue weighted by Crippen LogP contribution is 2.48. The molecule has 32 nitrogen and oxygen atoms in total. The Morgan fingerprint density at radius 1 is 0.270 bits per heavy atom. The second-order valence-electron chi connectivity index (χ2n) is 34.6. The molecule has 12 heterocycles. The molecule has 24 rings (SSSR count). The highest BCUT2D eigenvalue weighted by Gasteiger charge is 2.43. The van der Waals surface area contributed by atoms with Crippen LogP contribution in [0, 0.1) is 0 Å². The molecule has 0 atom stereocenters. The van der Waals surface area contributed by atoms with Gasteiger partial charge in [0, 0.05) is 78.2 Å². The first kappa shape index (κ1) is 94.5. The molecular weight excluding hydrogens is 1930 g/mol. The minimum Gasteiger partial charge on any atom is -0.324 e. The number of hydrogen-bond donors (Lipinski definition) is 16. The Hall–Kier alpha value is -19.7. The fourth-order valence-corrected chi connectivity index (χ4v) is 17.4. The van der Waals surface area contributed by atoms with Crippen molar-refractivity contribution in [3.8, 4) is 90.3 Å². The summed E-state index contributed by atoms with van der Waals surface area (Å²) in [5, 5.41) is 60.9. The summed E-state index contributed by atoms with van der Waals surface area (Å²) in [4.78, 5) is 84.6. The molecule has 148 heavy (non-hydrogen) atoms. The molecule has 12 aromatic heterocycles. The summed E-state index contributed by atoms with van der Waals surface area (Å²) < 4.78 is 171. The van der Waals surface area contributed by atoms with E-state index < -0.39 is 90.7 Å². The van der Waals surface area contributed by atoms with E-state index in [1.165, 1.54) is 48.5 Å². The topological polar surface area (TPSA) is 461 Å². The molecule has 0 aliphatic rings. The van der Waals surface area contributed by atoms with Crippen molar-refractivity contribution in [2.24, 2.45) is 0 Å². The Labute approximate surface area is 820 Å². The van der Waals surface area contributed by atoms with Crippen LogP contribution in [0.25, 0.3) is 178 Å². The van der Waals surface area contributed by atoms with Crippen LogP contribution in [0.4, 0.5) is 99.2 Å². The molecule has 736 valence electrons. The zero-order valence-electron chi connectivity index (χ0n) is 76.7. The van der Waals surface area contributed by atoms with Crippen molar-refractivity contribution >= 4 is 134 Å². The molecule has 0 saturated carbocycles. The van der Waals surface area contributed by atoms with Gasteiger partial charge in [-0.25, -0.2) is 39.9 Å². The second-order valence-corrected chi connectivity index (χ2v) is 34.6. The number of nitrogens with one attached hydrogen (secondary N) is 16. The summed E-state index contributed by atoms with van der Waals surface area (Å²) in [5.41, 5.74) is 0.125. The van der Waals surface area contributed by atoms with Crippen LogP contribution in [0.15, 0.2) is 304 Å². The van der Waals surface area contributed by atoms with Crippen LogP contribution >= 0.6 is 0 Å². The fourth-order valence-electron chi connectivity index (χ4n) is 17.4. The van der Waals surface area contributed by atoms with E-state index in [2.05, 4.69) is 143 Å². The van der Waals surface area contributed by atoms with Crippen LogP contribution in [0.1, 0.15) is 48.7 Å². The van der Waals surface area contributed by atoms with Gasteiger partial charge in [-0.2, -0.15) is 73.1 Å². The van der Waals surface area contributed by atoms with Crippen LogP contribution in [0.5, 0.6) is 0 Å². The van der Waals surface area contributed by atoms with E-state index in [9.17, 15) is 71.9 Å². The molecule has 12 aromatic carbocycles.